The molecule has 1 unspecified atom stereocenters. The molecule has 96 valence electrons. The quantitative estimate of drug-likeness (QED) is 0.757. The van der Waals surface area contributed by atoms with Crippen molar-refractivity contribution in [3.63, 3.8) is 0 Å². The van der Waals surface area contributed by atoms with Gasteiger partial charge in [-0.05, 0) is 39.7 Å². The van der Waals surface area contributed by atoms with Gasteiger partial charge in [-0.3, -0.25) is 9.48 Å². The van der Waals surface area contributed by atoms with Crippen molar-refractivity contribution in [3.05, 3.63) is 17.0 Å². The first-order valence-corrected chi connectivity index (χ1v) is 6.00. The van der Waals surface area contributed by atoms with Crippen molar-refractivity contribution in [2.24, 2.45) is 5.92 Å². The normalized spacial score (nSPS) is 12.9. The summed E-state index contributed by atoms with van der Waals surface area (Å²) in [5.41, 5.74) is 3.32. The van der Waals surface area contributed by atoms with Crippen LogP contribution >= 0.6 is 0 Å². The summed E-state index contributed by atoms with van der Waals surface area (Å²) in [5.74, 6) is -0.289. The van der Waals surface area contributed by atoms with Crippen LogP contribution in [0, 0.1) is 19.8 Å². The van der Waals surface area contributed by atoms with E-state index < -0.39 is 0 Å². The van der Waals surface area contributed by atoms with Crippen molar-refractivity contribution in [2.75, 3.05) is 7.11 Å². The largest absolute Gasteiger partial charge is 0.469 e. The molecule has 1 aromatic rings. The Morgan fingerprint density at radius 1 is 1.35 bits per heavy atom. The Hall–Kier alpha value is -1.32. The predicted molar refractivity (Wildman–Crippen MR) is 67.0 cm³/mol. The van der Waals surface area contributed by atoms with E-state index >= 15 is 0 Å². The number of rotatable bonds is 4. The van der Waals surface area contributed by atoms with Crippen molar-refractivity contribution >= 4 is 5.97 Å². The number of carbonyl (C=O) groups excluding carboxylic acids is 1. The molecule has 0 aliphatic heterocycles. The number of carbonyl (C=O) groups is 1. The smallest absolute Gasteiger partial charge is 0.308 e. The van der Waals surface area contributed by atoms with E-state index in [2.05, 4.69) is 25.9 Å². The first-order chi connectivity index (χ1) is 7.88. The predicted octanol–water partition coefficient (Wildman–Crippen LogP) is 2.43. The molecule has 0 aliphatic carbocycles. The second kappa shape index (κ2) is 5.34. The molecule has 4 nitrogen and oxygen atoms in total. The SMILES string of the molecule is COC(=O)C(C)Cc1c(C)nn(C(C)C)c1C. The average molecular weight is 238 g/mol. The third-order valence-electron chi connectivity index (χ3n) is 3.08. The highest BCUT2D eigenvalue weighted by Crippen LogP contribution is 2.20. The van der Waals surface area contributed by atoms with Crippen molar-refractivity contribution in [1.82, 2.24) is 9.78 Å². The van der Waals surface area contributed by atoms with Crippen molar-refractivity contribution in [3.8, 4) is 0 Å². The fraction of sp³-hybridized carbons (Fsp3) is 0.692. The number of methoxy groups -OCH3 is 1. The summed E-state index contributed by atoms with van der Waals surface area (Å²) in [4.78, 5) is 11.4. The number of aromatic nitrogens is 2. The minimum Gasteiger partial charge on any atom is -0.469 e. The summed E-state index contributed by atoms with van der Waals surface area (Å²) in [5, 5.41) is 4.51. The lowest BCUT2D eigenvalue weighted by atomic mass is 10.00. The summed E-state index contributed by atoms with van der Waals surface area (Å²) in [6, 6.07) is 0.343. The molecule has 0 saturated carbocycles. The number of hydrogen-bond donors (Lipinski definition) is 0. The Morgan fingerprint density at radius 3 is 2.35 bits per heavy atom. The van der Waals surface area contributed by atoms with Crippen LogP contribution in [0.4, 0.5) is 0 Å². The summed E-state index contributed by atoms with van der Waals surface area (Å²) in [7, 11) is 1.43. The number of hydrogen-bond acceptors (Lipinski definition) is 3. The van der Waals surface area contributed by atoms with Crippen LogP contribution in [0.15, 0.2) is 0 Å². The second-order valence-corrected chi connectivity index (χ2v) is 4.82. The van der Waals surface area contributed by atoms with E-state index in [0.29, 0.717) is 12.5 Å². The highest BCUT2D eigenvalue weighted by molar-refractivity contribution is 5.72. The monoisotopic (exact) mass is 238 g/mol. The van der Waals surface area contributed by atoms with Crippen LogP contribution in [0.25, 0.3) is 0 Å². The lowest BCUT2D eigenvalue weighted by molar-refractivity contribution is -0.144. The standard InChI is InChI=1S/C13H22N2O2/c1-8(2)15-11(5)12(10(4)14-15)7-9(3)13(16)17-6/h8-9H,7H2,1-6H3. The summed E-state index contributed by atoms with van der Waals surface area (Å²) in [6.07, 6.45) is 0.692. The molecule has 0 aromatic carbocycles. The Labute approximate surface area is 103 Å². The van der Waals surface area contributed by atoms with Crippen LogP contribution in [0.1, 0.15) is 43.8 Å². The number of nitrogens with zero attached hydrogens (tertiary/aromatic N) is 2. The topological polar surface area (TPSA) is 44.1 Å². The van der Waals surface area contributed by atoms with Gasteiger partial charge in [-0.2, -0.15) is 5.10 Å². The van der Waals surface area contributed by atoms with E-state index in [9.17, 15) is 4.79 Å². The van der Waals surface area contributed by atoms with Crippen LogP contribution in [0.3, 0.4) is 0 Å². The minimum absolute atomic E-state index is 0.123. The molecule has 0 N–H and O–H groups in total. The Bertz CT molecular complexity index is 408. The summed E-state index contributed by atoms with van der Waals surface area (Å²) in [6.45, 7) is 10.1. The van der Waals surface area contributed by atoms with Gasteiger partial charge in [-0.1, -0.05) is 6.92 Å². The zero-order chi connectivity index (χ0) is 13.2. The fourth-order valence-corrected chi connectivity index (χ4v) is 2.09. The molecular weight excluding hydrogens is 216 g/mol. The van der Waals surface area contributed by atoms with Crippen LogP contribution in [0.5, 0.6) is 0 Å². The molecule has 0 saturated heterocycles. The molecule has 17 heavy (non-hydrogen) atoms. The van der Waals surface area contributed by atoms with Gasteiger partial charge in [-0.15, -0.1) is 0 Å². The molecule has 0 amide bonds. The molecule has 1 rings (SSSR count). The lowest BCUT2D eigenvalue weighted by Crippen LogP contribution is -2.16. The van der Waals surface area contributed by atoms with Crippen molar-refractivity contribution in [1.29, 1.82) is 0 Å². The van der Waals surface area contributed by atoms with E-state index in [1.165, 1.54) is 7.11 Å². The lowest BCUT2D eigenvalue weighted by Gasteiger charge is -2.11. The van der Waals surface area contributed by atoms with Gasteiger partial charge in [0.15, 0.2) is 0 Å². The van der Waals surface area contributed by atoms with Gasteiger partial charge in [0.2, 0.25) is 0 Å². The fourth-order valence-electron chi connectivity index (χ4n) is 2.09. The van der Waals surface area contributed by atoms with Gasteiger partial charge in [-0.25, -0.2) is 0 Å². The Morgan fingerprint density at radius 2 is 1.94 bits per heavy atom. The summed E-state index contributed by atoms with van der Waals surface area (Å²) < 4.78 is 6.76. The maximum Gasteiger partial charge on any atom is 0.308 e. The van der Waals surface area contributed by atoms with Crippen LogP contribution in [-0.4, -0.2) is 22.9 Å². The Balaban J connectivity index is 2.95. The third-order valence-corrected chi connectivity index (χ3v) is 3.08. The molecule has 0 bridgehead atoms. The number of aryl methyl sites for hydroxylation is 1. The molecule has 1 aromatic heterocycles. The zero-order valence-electron chi connectivity index (χ0n) is 11.6. The maximum absolute atomic E-state index is 11.4. The van der Waals surface area contributed by atoms with Gasteiger partial charge in [0.05, 0.1) is 18.7 Å². The number of ether oxygens (including phenoxy) is 1. The van der Waals surface area contributed by atoms with E-state index in [1.54, 1.807) is 0 Å². The van der Waals surface area contributed by atoms with Gasteiger partial charge < -0.3 is 4.74 Å². The molecule has 4 heteroatoms. The summed E-state index contributed by atoms with van der Waals surface area (Å²) >= 11 is 0. The first kappa shape index (κ1) is 13.7. The molecule has 1 atom stereocenters. The molecule has 1 heterocycles. The Kier molecular flexibility index (Phi) is 4.32. The van der Waals surface area contributed by atoms with Gasteiger partial charge in [0, 0.05) is 11.7 Å². The highest BCUT2D eigenvalue weighted by atomic mass is 16.5. The maximum atomic E-state index is 11.4. The van der Waals surface area contributed by atoms with Crippen molar-refractivity contribution < 1.29 is 9.53 Å². The van der Waals surface area contributed by atoms with Crippen LogP contribution in [0.2, 0.25) is 0 Å². The first-order valence-electron chi connectivity index (χ1n) is 6.00. The molecule has 0 fully saturated rings. The van der Waals surface area contributed by atoms with E-state index in [-0.39, 0.29) is 11.9 Å². The van der Waals surface area contributed by atoms with Crippen LogP contribution < -0.4 is 0 Å². The van der Waals surface area contributed by atoms with Crippen molar-refractivity contribution in [2.45, 2.75) is 47.1 Å². The van der Waals surface area contributed by atoms with Gasteiger partial charge >= 0.3 is 5.97 Å². The zero-order valence-corrected chi connectivity index (χ0v) is 11.6. The van der Waals surface area contributed by atoms with E-state index in [4.69, 9.17) is 4.74 Å². The molecular formula is C13H22N2O2. The highest BCUT2D eigenvalue weighted by Gasteiger charge is 2.20. The van der Waals surface area contributed by atoms with Gasteiger partial charge in [0.1, 0.15) is 0 Å². The second-order valence-electron chi connectivity index (χ2n) is 4.82. The molecule has 0 aliphatic rings. The third kappa shape index (κ3) is 2.87. The van der Waals surface area contributed by atoms with Gasteiger partial charge in [0.25, 0.3) is 0 Å². The number of esters is 1. The molecule has 0 radical (unpaired) electrons. The minimum atomic E-state index is -0.166. The molecule has 0 spiro atoms. The van der Waals surface area contributed by atoms with E-state index in [1.807, 2.05) is 18.5 Å². The van der Waals surface area contributed by atoms with E-state index in [0.717, 1.165) is 17.0 Å². The van der Waals surface area contributed by atoms with Crippen LogP contribution in [-0.2, 0) is 16.0 Å². The average Bonchev–Trinajstić information content (AvgIpc) is 2.55.